The first-order chi connectivity index (χ1) is 10.1. The highest BCUT2D eigenvalue weighted by Gasteiger charge is 2.13. The van der Waals surface area contributed by atoms with E-state index >= 15 is 0 Å². The highest BCUT2D eigenvalue weighted by Crippen LogP contribution is 2.14. The molecule has 5 heteroatoms. The van der Waals surface area contributed by atoms with Crippen LogP contribution in [0.2, 0.25) is 0 Å². The third-order valence-electron chi connectivity index (χ3n) is 2.88. The first kappa shape index (κ1) is 16.7. The molecule has 0 aromatic heterocycles. The van der Waals surface area contributed by atoms with Crippen LogP contribution in [0.3, 0.4) is 0 Å². The standard InChI is InChI=1S/C16H19NO4/c1-20-15(18)9-8-14(16(19)21-2)13(11-17)10-12-6-4-3-5-7-12/h3-9H,10-11,17H2,1-2H3. The van der Waals surface area contributed by atoms with Crippen molar-refractivity contribution in [3.8, 4) is 0 Å². The van der Waals surface area contributed by atoms with Gasteiger partial charge in [0.25, 0.3) is 0 Å². The quantitative estimate of drug-likeness (QED) is 0.486. The summed E-state index contributed by atoms with van der Waals surface area (Å²) in [7, 11) is 2.55. The van der Waals surface area contributed by atoms with Gasteiger partial charge in [-0.05, 0) is 23.6 Å². The molecule has 0 bridgehead atoms. The molecule has 0 amide bonds. The van der Waals surface area contributed by atoms with Crippen molar-refractivity contribution in [2.45, 2.75) is 6.42 Å². The number of methoxy groups -OCH3 is 2. The average molecular weight is 289 g/mol. The molecule has 0 unspecified atom stereocenters. The van der Waals surface area contributed by atoms with Crippen LogP contribution in [0.25, 0.3) is 0 Å². The van der Waals surface area contributed by atoms with Gasteiger partial charge >= 0.3 is 11.9 Å². The van der Waals surface area contributed by atoms with Crippen LogP contribution in [0.4, 0.5) is 0 Å². The molecule has 0 spiro atoms. The minimum Gasteiger partial charge on any atom is -0.466 e. The van der Waals surface area contributed by atoms with Crippen molar-refractivity contribution >= 4 is 11.9 Å². The van der Waals surface area contributed by atoms with Crippen LogP contribution in [-0.4, -0.2) is 32.7 Å². The number of ether oxygens (including phenoxy) is 2. The number of esters is 2. The maximum Gasteiger partial charge on any atom is 0.337 e. The summed E-state index contributed by atoms with van der Waals surface area (Å²) in [6.45, 7) is 0.185. The zero-order chi connectivity index (χ0) is 15.7. The summed E-state index contributed by atoms with van der Waals surface area (Å²) in [4.78, 5) is 23.0. The third-order valence-corrected chi connectivity index (χ3v) is 2.88. The molecule has 0 aliphatic heterocycles. The van der Waals surface area contributed by atoms with Crippen LogP contribution < -0.4 is 5.73 Å². The fourth-order valence-electron chi connectivity index (χ4n) is 1.78. The number of nitrogens with two attached hydrogens (primary N) is 1. The van der Waals surface area contributed by atoms with Crippen molar-refractivity contribution in [2.24, 2.45) is 5.73 Å². The first-order valence-electron chi connectivity index (χ1n) is 6.42. The minimum absolute atomic E-state index is 0.185. The smallest absolute Gasteiger partial charge is 0.337 e. The second-order valence-corrected chi connectivity index (χ2v) is 4.23. The lowest BCUT2D eigenvalue weighted by Crippen LogP contribution is -2.14. The van der Waals surface area contributed by atoms with E-state index in [9.17, 15) is 9.59 Å². The molecule has 0 saturated heterocycles. The number of hydrogen-bond acceptors (Lipinski definition) is 5. The molecule has 0 aliphatic carbocycles. The van der Waals surface area contributed by atoms with Crippen LogP contribution >= 0.6 is 0 Å². The SMILES string of the molecule is COC(=O)C=CC(C(=O)OC)=C(CN)Cc1ccccc1. The number of hydrogen-bond donors (Lipinski definition) is 1. The van der Waals surface area contributed by atoms with Crippen molar-refractivity contribution in [2.75, 3.05) is 20.8 Å². The number of carbonyl (C=O) groups excluding carboxylic acids is 2. The van der Waals surface area contributed by atoms with E-state index < -0.39 is 11.9 Å². The second kappa shape index (κ2) is 8.71. The molecule has 0 aliphatic rings. The zero-order valence-electron chi connectivity index (χ0n) is 12.2. The summed E-state index contributed by atoms with van der Waals surface area (Å²) in [6, 6.07) is 9.61. The van der Waals surface area contributed by atoms with E-state index in [2.05, 4.69) is 4.74 Å². The van der Waals surface area contributed by atoms with Crippen LogP contribution in [0.5, 0.6) is 0 Å². The fourth-order valence-corrected chi connectivity index (χ4v) is 1.78. The summed E-state index contributed by atoms with van der Waals surface area (Å²) >= 11 is 0. The highest BCUT2D eigenvalue weighted by molar-refractivity contribution is 5.94. The first-order valence-corrected chi connectivity index (χ1v) is 6.42. The molecular formula is C16H19NO4. The molecule has 0 fully saturated rings. The van der Waals surface area contributed by atoms with Gasteiger partial charge in [0.15, 0.2) is 0 Å². The van der Waals surface area contributed by atoms with Gasteiger partial charge in [-0.25, -0.2) is 9.59 Å². The van der Waals surface area contributed by atoms with Gasteiger partial charge in [0.1, 0.15) is 0 Å². The van der Waals surface area contributed by atoms with Crippen LogP contribution in [0.15, 0.2) is 53.6 Å². The van der Waals surface area contributed by atoms with E-state index in [0.717, 1.165) is 5.56 Å². The molecule has 0 radical (unpaired) electrons. The Morgan fingerprint density at radius 2 is 1.76 bits per heavy atom. The molecule has 21 heavy (non-hydrogen) atoms. The van der Waals surface area contributed by atoms with Crippen LogP contribution in [-0.2, 0) is 25.5 Å². The van der Waals surface area contributed by atoms with Crippen molar-refractivity contribution < 1.29 is 19.1 Å². The molecule has 0 saturated carbocycles. The maximum absolute atomic E-state index is 11.9. The molecule has 1 aromatic carbocycles. The third kappa shape index (κ3) is 5.24. The van der Waals surface area contributed by atoms with E-state index in [1.807, 2.05) is 30.3 Å². The largest absolute Gasteiger partial charge is 0.466 e. The van der Waals surface area contributed by atoms with Gasteiger partial charge in [-0.1, -0.05) is 30.3 Å². The second-order valence-electron chi connectivity index (χ2n) is 4.23. The van der Waals surface area contributed by atoms with Gasteiger partial charge in [0.2, 0.25) is 0 Å². The van der Waals surface area contributed by atoms with Gasteiger partial charge in [-0.3, -0.25) is 0 Å². The van der Waals surface area contributed by atoms with E-state index in [-0.39, 0.29) is 12.1 Å². The van der Waals surface area contributed by atoms with Gasteiger partial charge in [0, 0.05) is 12.6 Å². The Kier molecular flexibility index (Phi) is 6.91. The van der Waals surface area contributed by atoms with Crippen LogP contribution in [0.1, 0.15) is 5.56 Å². The Balaban J connectivity index is 3.12. The Bertz CT molecular complexity index is 547. The van der Waals surface area contributed by atoms with Gasteiger partial charge in [-0.15, -0.1) is 0 Å². The molecule has 1 aromatic rings. The lowest BCUT2D eigenvalue weighted by molar-refractivity contribution is -0.135. The van der Waals surface area contributed by atoms with E-state index in [4.69, 9.17) is 10.5 Å². The number of carbonyl (C=O) groups is 2. The fraction of sp³-hybridized carbons (Fsp3) is 0.250. The Morgan fingerprint density at radius 1 is 1.10 bits per heavy atom. The number of benzene rings is 1. The predicted molar refractivity (Wildman–Crippen MR) is 79.4 cm³/mol. The van der Waals surface area contributed by atoms with Crippen molar-refractivity contribution in [3.05, 3.63) is 59.2 Å². The lowest BCUT2D eigenvalue weighted by atomic mass is 9.99. The van der Waals surface area contributed by atoms with Crippen molar-refractivity contribution in [1.82, 2.24) is 0 Å². The molecule has 5 nitrogen and oxygen atoms in total. The molecule has 0 heterocycles. The summed E-state index contributed by atoms with van der Waals surface area (Å²) in [5.74, 6) is -1.08. The van der Waals surface area contributed by atoms with E-state index in [1.54, 1.807) is 0 Å². The summed E-state index contributed by atoms with van der Waals surface area (Å²) < 4.78 is 9.26. The van der Waals surface area contributed by atoms with Crippen molar-refractivity contribution in [3.63, 3.8) is 0 Å². The Labute approximate surface area is 124 Å². The summed E-state index contributed by atoms with van der Waals surface area (Å²) in [5, 5.41) is 0. The predicted octanol–water partition coefficient (Wildman–Crippen LogP) is 1.39. The normalized spacial score (nSPS) is 12.0. The zero-order valence-corrected chi connectivity index (χ0v) is 12.2. The van der Waals surface area contributed by atoms with E-state index in [0.29, 0.717) is 12.0 Å². The highest BCUT2D eigenvalue weighted by atomic mass is 16.5. The number of rotatable bonds is 6. The monoisotopic (exact) mass is 289 g/mol. The Morgan fingerprint density at radius 3 is 2.29 bits per heavy atom. The Hall–Kier alpha value is -2.40. The van der Waals surface area contributed by atoms with E-state index in [1.165, 1.54) is 26.4 Å². The molecule has 0 atom stereocenters. The van der Waals surface area contributed by atoms with Crippen molar-refractivity contribution in [1.29, 1.82) is 0 Å². The molecular weight excluding hydrogens is 270 g/mol. The minimum atomic E-state index is -0.549. The molecule has 112 valence electrons. The maximum atomic E-state index is 11.9. The summed E-state index contributed by atoms with van der Waals surface area (Å²) in [6.07, 6.45) is 3.06. The van der Waals surface area contributed by atoms with Gasteiger partial charge in [-0.2, -0.15) is 0 Å². The van der Waals surface area contributed by atoms with Gasteiger partial charge in [0.05, 0.1) is 19.8 Å². The topological polar surface area (TPSA) is 78.6 Å². The molecule has 2 N–H and O–H groups in total. The van der Waals surface area contributed by atoms with Gasteiger partial charge < -0.3 is 15.2 Å². The molecule has 1 rings (SSSR count). The average Bonchev–Trinajstić information content (AvgIpc) is 2.53. The lowest BCUT2D eigenvalue weighted by Gasteiger charge is -2.10. The summed E-state index contributed by atoms with van der Waals surface area (Å²) in [5.41, 5.74) is 7.72. The van der Waals surface area contributed by atoms with Crippen LogP contribution in [0, 0.1) is 0 Å².